The topological polar surface area (TPSA) is 74.8 Å². The summed E-state index contributed by atoms with van der Waals surface area (Å²) in [6.07, 6.45) is 3.77. The van der Waals surface area contributed by atoms with E-state index in [9.17, 15) is 9.59 Å². The quantitative estimate of drug-likeness (QED) is 0.655. The Morgan fingerprint density at radius 1 is 1.28 bits per heavy atom. The number of nitrogens with one attached hydrogen (secondary N) is 2. The van der Waals surface area contributed by atoms with Crippen LogP contribution < -0.4 is 10.9 Å². The van der Waals surface area contributed by atoms with Crippen LogP contribution in [0.1, 0.15) is 49.9 Å². The highest BCUT2D eigenvalue weighted by molar-refractivity contribution is 7.18. The minimum Gasteiger partial charge on any atom is -0.326 e. The van der Waals surface area contributed by atoms with Crippen LogP contribution in [0, 0.1) is 11.3 Å². The standard InChI is InChI=1S/C23H27N3O2S/c1-23(2,3)14-9-10-16-17(13-14)29-22-20(16)21(28)25-18(26-22)11-12-19(27)24-15-7-5-4-6-8-15/h4-8,14H,9-13H2,1-3H3,(H,24,27)(H,25,26,28)/t14-/m1/s1. The second-order valence-electron chi connectivity index (χ2n) is 8.92. The number of benzene rings is 1. The van der Waals surface area contributed by atoms with E-state index >= 15 is 0 Å². The Balaban J connectivity index is 1.51. The summed E-state index contributed by atoms with van der Waals surface area (Å²) in [7, 11) is 0. The van der Waals surface area contributed by atoms with E-state index in [1.807, 2.05) is 30.3 Å². The van der Waals surface area contributed by atoms with Crippen molar-refractivity contribution in [3.05, 3.63) is 57.0 Å². The van der Waals surface area contributed by atoms with Gasteiger partial charge in [-0.05, 0) is 48.3 Å². The highest BCUT2D eigenvalue weighted by Crippen LogP contribution is 2.41. The van der Waals surface area contributed by atoms with Gasteiger partial charge >= 0.3 is 0 Å². The van der Waals surface area contributed by atoms with Gasteiger partial charge in [0.05, 0.1) is 5.39 Å². The van der Waals surface area contributed by atoms with Crippen LogP contribution in [0.3, 0.4) is 0 Å². The van der Waals surface area contributed by atoms with Gasteiger partial charge in [0.15, 0.2) is 0 Å². The summed E-state index contributed by atoms with van der Waals surface area (Å²) in [5.74, 6) is 1.12. The fraction of sp³-hybridized carbons (Fsp3) is 0.435. The van der Waals surface area contributed by atoms with Crippen LogP contribution in [0.5, 0.6) is 0 Å². The molecule has 6 heteroatoms. The first kappa shape index (κ1) is 19.8. The van der Waals surface area contributed by atoms with Crippen molar-refractivity contribution in [3.63, 3.8) is 0 Å². The average Bonchev–Trinajstić information content (AvgIpc) is 3.04. The first-order chi connectivity index (χ1) is 13.8. The van der Waals surface area contributed by atoms with Gasteiger partial charge in [-0.3, -0.25) is 9.59 Å². The molecule has 1 aliphatic carbocycles. The number of H-pyrrole nitrogens is 1. The van der Waals surface area contributed by atoms with Crippen LogP contribution in [0.4, 0.5) is 5.69 Å². The van der Waals surface area contributed by atoms with E-state index in [2.05, 4.69) is 31.1 Å². The van der Waals surface area contributed by atoms with E-state index < -0.39 is 0 Å². The number of thiophene rings is 1. The SMILES string of the molecule is CC(C)(C)[C@@H]1CCc2c(sc3nc(CCC(=O)Nc4ccccc4)[nH]c(=O)c23)C1. The summed E-state index contributed by atoms with van der Waals surface area (Å²) in [6, 6.07) is 9.37. The normalized spacial score (nSPS) is 16.6. The molecule has 0 bridgehead atoms. The molecule has 0 saturated carbocycles. The molecule has 0 spiro atoms. The Morgan fingerprint density at radius 3 is 2.76 bits per heavy atom. The number of amides is 1. The molecule has 3 aromatic rings. The summed E-state index contributed by atoms with van der Waals surface area (Å²) in [4.78, 5) is 34.7. The highest BCUT2D eigenvalue weighted by atomic mass is 32.1. The van der Waals surface area contributed by atoms with Gasteiger partial charge in [-0.2, -0.15) is 0 Å². The van der Waals surface area contributed by atoms with Crippen LogP contribution in [-0.2, 0) is 24.1 Å². The van der Waals surface area contributed by atoms with E-state index in [4.69, 9.17) is 4.98 Å². The molecule has 1 amide bonds. The van der Waals surface area contributed by atoms with E-state index in [1.54, 1.807) is 11.3 Å². The number of fused-ring (bicyclic) bond motifs is 3. The number of carbonyl (C=O) groups is 1. The summed E-state index contributed by atoms with van der Waals surface area (Å²) in [6.45, 7) is 6.87. The van der Waals surface area contributed by atoms with Crippen molar-refractivity contribution in [1.82, 2.24) is 9.97 Å². The van der Waals surface area contributed by atoms with Crippen molar-refractivity contribution in [2.24, 2.45) is 11.3 Å². The molecule has 5 nitrogen and oxygen atoms in total. The Morgan fingerprint density at radius 2 is 2.03 bits per heavy atom. The van der Waals surface area contributed by atoms with Gasteiger partial charge in [0.1, 0.15) is 10.7 Å². The molecule has 4 rings (SSSR count). The van der Waals surface area contributed by atoms with Crippen LogP contribution in [-0.4, -0.2) is 15.9 Å². The number of rotatable bonds is 4. The minimum absolute atomic E-state index is 0.0693. The Kier molecular flexibility index (Phi) is 5.30. The lowest BCUT2D eigenvalue weighted by Crippen LogP contribution is -2.26. The van der Waals surface area contributed by atoms with Crippen molar-refractivity contribution >= 4 is 33.1 Å². The molecule has 0 radical (unpaired) electrons. The number of aryl methyl sites for hydroxylation is 2. The molecule has 1 aliphatic rings. The van der Waals surface area contributed by atoms with E-state index in [0.717, 1.165) is 35.2 Å². The van der Waals surface area contributed by atoms with E-state index in [0.29, 0.717) is 18.2 Å². The number of nitrogens with zero attached hydrogens (tertiary/aromatic N) is 1. The molecule has 1 atom stereocenters. The predicted octanol–water partition coefficient (Wildman–Crippen LogP) is 4.71. The smallest absolute Gasteiger partial charge is 0.259 e. The second kappa shape index (κ2) is 7.75. The summed E-state index contributed by atoms with van der Waals surface area (Å²) in [5.41, 5.74) is 2.16. The minimum atomic E-state index is -0.0857. The highest BCUT2D eigenvalue weighted by Gasteiger charge is 2.31. The molecule has 0 aliphatic heterocycles. The van der Waals surface area contributed by atoms with Crippen LogP contribution in [0.2, 0.25) is 0 Å². The van der Waals surface area contributed by atoms with Gasteiger partial charge in [-0.25, -0.2) is 4.98 Å². The summed E-state index contributed by atoms with van der Waals surface area (Å²) >= 11 is 1.65. The molecule has 2 heterocycles. The van der Waals surface area contributed by atoms with Gasteiger partial charge in [-0.1, -0.05) is 39.0 Å². The van der Waals surface area contributed by atoms with E-state index in [-0.39, 0.29) is 23.3 Å². The molecule has 1 aromatic carbocycles. The Labute approximate surface area is 174 Å². The molecular weight excluding hydrogens is 382 g/mol. The first-order valence-electron chi connectivity index (χ1n) is 10.2. The third kappa shape index (κ3) is 4.27. The van der Waals surface area contributed by atoms with Gasteiger partial charge in [0, 0.05) is 23.4 Å². The molecule has 0 unspecified atom stereocenters. The lowest BCUT2D eigenvalue weighted by Gasteiger charge is -2.33. The maximum atomic E-state index is 12.8. The van der Waals surface area contributed by atoms with Crippen molar-refractivity contribution < 1.29 is 4.79 Å². The molecule has 2 aromatic heterocycles. The van der Waals surface area contributed by atoms with Crippen molar-refractivity contribution in [2.45, 2.75) is 52.9 Å². The number of carbonyl (C=O) groups excluding carboxylic acids is 1. The third-order valence-electron chi connectivity index (χ3n) is 5.84. The zero-order chi connectivity index (χ0) is 20.6. The average molecular weight is 410 g/mol. The molecule has 152 valence electrons. The zero-order valence-electron chi connectivity index (χ0n) is 17.2. The number of anilines is 1. The second-order valence-corrected chi connectivity index (χ2v) is 10.0. The Hall–Kier alpha value is -2.47. The van der Waals surface area contributed by atoms with Crippen LogP contribution in [0.15, 0.2) is 35.1 Å². The third-order valence-corrected chi connectivity index (χ3v) is 6.99. The molecule has 29 heavy (non-hydrogen) atoms. The van der Waals surface area contributed by atoms with Crippen LogP contribution >= 0.6 is 11.3 Å². The first-order valence-corrected chi connectivity index (χ1v) is 11.0. The number of aromatic amines is 1. The number of hydrogen-bond donors (Lipinski definition) is 2. The van der Waals surface area contributed by atoms with E-state index in [1.165, 1.54) is 10.4 Å². The molecule has 2 N–H and O–H groups in total. The number of hydrogen-bond acceptors (Lipinski definition) is 4. The molecular formula is C23H27N3O2S. The summed E-state index contributed by atoms with van der Waals surface area (Å²) in [5, 5.41) is 3.63. The monoisotopic (exact) mass is 409 g/mol. The zero-order valence-corrected chi connectivity index (χ0v) is 18.0. The van der Waals surface area contributed by atoms with Crippen molar-refractivity contribution in [2.75, 3.05) is 5.32 Å². The number of aromatic nitrogens is 2. The van der Waals surface area contributed by atoms with Crippen LogP contribution in [0.25, 0.3) is 10.2 Å². The van der Waals surface area contributed by atoms with Gasteiger partial charge in [-0.15, -0.1) is 11.3 Å². The van der Waals surface area contributed by atoms with Gasteiger partial charge < -0.3 is 10.3 Å². The van der Waals surface area contributed by atoms with Gasteiger partial charge in [0.25, 0.3) is 5.56 Å². The van der Waals surface area contributed by atoms with Gasteiger partial charge in [0.2, 0.25) is 5.91 Å². The molecule has 0 fully saturated rings. The lowest BCUT2D eigenvalue weighted by molar-refractivity contribution is -0.116. The van der Waals surface area contributed by atoms with Crippen molar-refractivity contribution in [1.29, 1.82) is 0 Å². The predicted molar refractivity (Wildman–Crippen MR) is 119 cm³/mol. The summed E-state index contributed by atoms with van der Waals surface area (Å²) < 4.78 is 0. The fourth-order valence-electron chi connectivity index (χ4n) is 4.06. The maximum Gasteiger partial charge on any atom is 0.259 e. The van der Waals surface area contributed by atoms with Crippen molar-refractivity contribution in [3.8, 4) is 0 Å². The largest absolute Gasteiger partial charge is 0.326 e. The fourth-order valence-corrected chi connectivity index (χ4v) is 5.38. The molecule has 0 saturated heterocycles. The number of para-hydroxylation sites is 1. The lowest BCUT2D eigenvalue weighted by atomic mass is 9.72. The Bertz CT molecular complexity index is 1090. The maximum absolute atomic E-state index is 12.8.